The highest BCUT2D eigenvalue weighted by molar-refractivity contribution is 5.87. The average molecular weight is 266 g/mol. The van der Waals surface area contributed by atoms with Gasteiger partial charge in [0.2, 0.25) is 0 Å². The van der Waals surface area contributed by atoms with Crippen LogP contribution in [0.3, 0.4) is 0 Å². The van der Waals surface area contributed by atoms with Gasteiger partial charge in [0.15, 0.2) is 0 Å². The summed E-state index contributed by atoms with van der Waals surface area (Å²) in [6, 6.07) is 12.7. The molecule has 1 heterocycles. The summed E-state index contributed by atoms with van der Waals surface area (Å²) in [6.07, 6.45) is 1.77. The van der Waals surface area contributed by atoms with Crippen LogP contribution in [0.4, 0.5) is 0 Å². The van der Waals surface area contributed by atoms with Crippen molar-refractivity contribution in [2.75, 3.05) is 0 Å². The normalized spacial score (nSPS) is 12.0. The van der Waals surface area contributed by atoms with Gasteiger partial charge in [-0.3, -0.25) is 0 Å². The maximum Gasteiger partial charge on any atom is 0.138 e. The van der Waals surface area contributed by atoms with Crippen LogP contribution in [0.2, 0.25) is 0 Å². The zero-order valence-electron chi connectivity index (χ0n) is 11.9. The molecule has 2 aromatic carbocycles. The van der Waals surface area contributed by atoms with Gasteiger partial charge in [-0.1, -0.05) is 35.9 Å². The van der Waals surface area contributed by atoms with E-state index in [2.05, 4.69) is 53.3 Å². The van der Waals surface area contributed by atoms with Gasteiger partial charge in [0.1, 0.15) is 11.4 Å². The first-order valence-corrected chi connectivity index (χ1v) is 6.72. The molecule has 0 unspecified atom stereocenters. The van der Waals surface area contributed by atoms with Crippen molar-refractivity contribution >= 4 is 10.8 Å². The summed E-state index contributed by atoms with van der Waals surface area (Å²) in [5.41, 5.74) is 2.30. The number of aliphatic hydroxyl groups is 1. The van der Waals surface area contributed by atoms with Gasteiger partial charge in [-0.2, -0.15) is 0 Å². The van der Waals surface area contributed by atoms with Crippen molar-refractivity contribution in [2.24, 2.45) is 0 Å². The first kappa shape index (κ1) is 12.9. The smallest absolute Gasteiger partial charge is 0.138 e. The van der Waals surface area contributed by atoms with Gasteiger partial charge in [-0.25, -0.2) is 4.98 Å². The quantitative estimate of drug-likeness (QED) is 0.742. The minimum Gasteiger partial charge on any atom is -0.383 e. The number of hydrogen-bond donors (Lipinski definition) is 2. The highest BCUT2D eigenvalue weighted by atomic mass is 16.3. The number of aromatic amines is 1. The van der Waals surface area contributed by atoms with E-state index in [-0.39, 0.29) is 0 Å². The predicted molar refractivity (Wildman–Crippen MR) is 81.5 cm³/mol. The van der Waals surface area contributed by atoms with Crippen molar-refractivity contribution < 1.29 is 5.11 Å². The molecule has 0 atom stereocenters. The molecule has 0 bridgehead atoms. The number of nitrogens with zero attached hydrogens (tertiary/aromatic N) is 1. The summed E-state index contributed by atoms with van der Waals surface area (Å²) >= 11 is 0. The lowest BCUT2D eigenvalue weighted by Gasteiger charge is -2.13. The number of benzene rings is 2. The summed E-state index contributed by atoms with van der Waals surface area (Å²) in [4.78, 5) is 7.44. The van der Waals surface area contributed by atoms with Crippen LogP contribution in [0.15, 0.2) is 42.6 Å². The van der Waals surface area contributed by atoms with Crippen LogP contribution in [-0.4, -0.2) is 15.1 Å². The molecule has 0 saturated heterocycles. The third-order valence-corrected chi connectivity index (χ3v) is 3.46. The zero-order valence-corrected chi connectivity index (χ0v) is 11.9. The van der Waals surface area contributed by atoms with E-state index in [4.69, 9.17) is 0 Å². The molecule has 3 rings (SSSR count). The number of hydrogen-bond acceptors (Lipinski definition) is 2. The van der Waals surface area contributed by atoms with Gasteiger partial charge in [-0.05, 0) is 37.6 Å². The van der Waals surface area contributed by atoms with E-state index in [9.17, 15) is 5.11 Å². The maximum absolute atomic E-state index is 9.96. The van der Waals surface area contributed by atoms with Crippen molar-refractivity contribution in [3.05, 3.63) is 54.0 Å². The predicted octanol–water partition coefficient (Wildman–Crippen LogP) is 3.77. The zero-order chi connectivity index (χ0) is 14.3. The summed E-state index contributed by atoms with van der Waals surface area (Å²) in [7, 11) is 0. The molecule has 0 amide bonds. The monoisotopic (exact) mass is 266 g/mol. The van der Waals surface area contributed by atoms with Crippen LogP contribution in [0.1, 0.15) is 25.2 Å². The second-order valence-electron chi connectivity index (χ2n) is 5.77. The van der Waals surface area contributed by atoms with Crippen LogP contribution in [0.5, 0.6) is 0 Å². The molecule has 0 radical (unpaired) electrons. The maximum atomic E-state index is 9.96. The molecule has 0 aliphatic carbocycles. The summed E-state index contributed by atoms with van der Waals surface area (Å²) in [5.74, 6) is 0.580. The molecule has 3 heteroatoms. The molecule has 1 aromatic heterocycles. The van der Waals surface area contributed by atoms with E-state index in [1.54, 1.807) is 20.0 Å². The Bertz CT molecular complexity index is 766. The van der Waals surface area contributed by atoms with E-state index >= 15 is 0 Å². The molecule has 0 aliphatic rings. The van der Waals surface area contributed by atoms with Gasteiger partial charge in [-0.15, -0.1) is 0 Å². The number of rotatable bonds is 2. The van der Waals surface area contributed by atoms with Crippen LogP contribution in [0, 0.1) is 6.92 Å². The van der Waals surface area contributed by atoms with E-state index in [0.717, 1.165) is 11.3 Å². The Labute approximate surface area is 118 Å². The number of H-pyrrole nitrogens is 1. The Morgan fingerprint density at radius 2 is 1.75 bits per heavy atom. The van der Waals surface area contributed by atoms with Gasteiger partial charge < -0.3 is 10.1 Å². The molecule has 102 valence electrons. The van der Waals surface area contributed by atoms with Crippen LogP contribution in [0.25, 0.3) is 22.0 Å². The third-order valence-electron chi connectivity index (χ3n) is 3.46. The molecule has 3 aromatic rings. The highest BCUT2D eigenvalue weighted by Gasteiger charge is 2.19. The van der Waals surface area contributed by atoms with Gasteiger partial charge >= 0.3 is 0 Å². The number of aryl methyl sites for hydroxylation is 1. The van der Waals surface area contributed by atoms with Crippen LogP contribution >= 0.6 is 0 Å². The molecule has 2 N–H and O–H groups in total. The highest BCUT2D eigenvalue weighted by Crippen LogP contribution is 2.26. The van der Waals surface area contributed by atoms with E-state index in [1.165, 1.54) is 16.3 Å². The molecule has 0 spiro atoms. The standard InChI is InChI=1S/C17H18N2O/c1-11-4-5-13-9-14(7-6-12(13)8-11)15-10-18-16(19-15)17(2,3)20/h4-10,20H,1-3H3,(H,18,19). The second-order valence-corrected chi connectivity index (χ2v) is 5.77. The molecule has 0 saturated carbocycles. The van der Waals surface area contributed by atoms with E-state index in [0.29, 0.717) is 5.82 Å². The minimum absolute atomic E-state index is 0.580. The lowest BCUT2D eigenvalue weighted by atomic mass is 10.0. The SMILES string of the molecule is Cc1ccc2cc(-c3cnc(C(C)(C)O)[nH]3)ccc2c1. The Hall–Kier alpha value is -2.13. The van der Waals surface area contributed by atoms with Crippen molar-refractivity contribution in [3.8, 4) is 11.3 Å². The Morgan fingerprint density at radius 3 is 2.45 bits per heavy atom. The van der Waals surface area contributed by atoms with Crippen molar-refractivity contribution in [1.82, 2.24) is 9.97 Å². The fourth-order valence-corrected chi connectivity index (χ4v) is 2.31. The second kappa shape index (κ2) is 4.46. The minimum atomic E-state index is -0.952. The molecule has 0 fully saturated rings. The first-order valence-electron chi connectivity index (χ1n) is 6.72. The summed E-state index contributed by atoms with van der Waals surface area (Å²) < 4.78 is 0. The van der Waals surface area contributed by atoms with Crippen LogP contribution < -0.4 is 0 Å². The molecule has 20 heavy (non-hydrogen) atoms. The fraction of sp³-hybridized carbons (Fsp3) is 0.235. The van der Waals surface area contributed by atoms with E-state index in [1.807, 2.05) is 0 Å². The van der Waals surface area contributed by atoms with Gasteiger partial charge in [0.05, 0.1) is 11.9 Å². The van der Waals surface area contributed by atoms with Crippen LogP contribution in [-0.2, 0) is 5.60 Å². The Balaban J connectivity index is 2.06. The third kappa shape index (κ3) is 2.32. The van der Waals surface area contributed by atoms with Crippen molar-refractivity contribution in [2.45, 2.75) is 26.4 Å². The first-order chi connectivity index (χ1) is 9.43. The number of nitrogens with one attached hydrogen (secondary N) is 1. The Kier molecular flexibility index (Phi) is 2.87. The fourth-order valence-electron chi connectivity index (χ4n) is 2.31. The lowest BCUT2D eigenvalue weighted by Crippen LogP contribution is -2.17. The van der Waals surface area contributed by atoms with E-state index < -0.39 is 5.60 Å². The van der Waals surface area contributed by atoms with Gasteiger partial charge in [0.25, 0.3) is 0 Å². The largest absolute Gasteiger partial charge is 0.383 e. The van der Waals surface area contributed by atoms with Crippen molar-refractivity contribution in [3.63, 3.8) is 0 Å². The summed E-state index contributed by atoms with van der Waals surface area (Å²) in [6.45, 7) is 5.54. The lowest BCUT2D eigenvalue weighted by molar-refractivity contribution is 0.0697. The Morgan fingerprint density at radius 1 is 1.05 bits per heavy atom. The molecule has 3 nitrogen and oxygen atoms in total. The van der Waals surface area contributed by atoms with Crippen molar-refractivity contribution in [1.29, 1.82) is 0 Å². The number of imidazole rings is 1. The molecular formula is C17H18N2O. The average Bonchev–Trinajstić information content (AvgIpc) is 2.87. The summed E-state index contributed by atoms with van der Waals surface area (Å²) in [5, 5.41) is 12.4. The molecular weight excluding hydrogens is 248 g/mol. The topological polar surface area (TPSA) is 48.9 Å². The molecule has 0 aliphatic heterocycles. The number of aromatic nitrogens is 2. The van der Waals surface area contributed by atoms with Gasteiger partial charge in [0, 0.05) is 5.56 Å². The number of fused-ring (bicyclic) bond motifs is 1.